The van der Waals surface area contributed by atoms with Gasteiger partial charge in [-0.15, -0.1) is 0 Å². The molecule has 0 radical (unpaired) electrons. The van der Waals surface area contributed by atoms with Crippen molar-refractivity contribution in [2.75, 3.05) is 11.9 Å². The third-order valence-corrected chi connectivity index (χ3v) is 4.31. The number of anilines is 1. The fourth-order valence-electron chi connectivity index (χ4n) is 1.79. The van der Waals surface area contributed by atoms with Crippen LogP contribution in [0.2, 0.25) is 0 Å². The van der Waals surface area contributed by atoms with E-state index >= 15 is 0 Å². The van der Waals surface area contributed by atoms with Gasteiger partial charge >= 0.3 is 0 Å². The van der Waals surface area contributed by atoms with Gasteiger partial charge < -0.3 is 10.1 Å². The van der Waals surface area contributed by atoms with Crippen LogP contribution >= 0.6 is 34.8 Å². The van der Waals surface area contributed by atoms with E-state index in [2.05, 4.69) is 38.2 Å². The predicted molar refractivity (Wildman–Crippen MR) is 103 cm³/mol. The fraction of sp³-hybridized carbons (Fsp3) is 0.188. The first kappa shape index (κ1) is 17.6. The zero-order valence-electron chi connectivity index (χ0n) is 12.7. The minimum absolute atomic E-state index is 0.105. The van der Waals surface area contributed by atoms with Crippen molar-refractivity contribution >= 4 is 51.6 Å². The fourth-order valence-corrected chi connectivity index (χ4v) is 2.30. The Labute approximate surface area is 154 Å². The number of nitrogens with zero attached hydrogens (tertiary/aromatic N) is 1. The van der Waals surface area contributed by atoms with Crippen molar-refractivity contribution < 1.29 is 9.53 Å². The maximum Gasteiger partial charge on any atom is 0.264 e. The minimum Gasteiger partial charge on any atom is -0.483 e. The average Bonchev–Trinajstić information content (AvgIpc) is 2.50. The van der Waals surface area contributed by atoms with Gasteiger partial charge in [0, 0.05) is 3.57 Å². The van der Waals surface area contributed by atoms with Crippen molar-refractivity contribution in [2.45, 2.75) is 13.8 Å². The van der Waals surface area contributed by atoms with Crippen LogP contribution in [-0.4, -0.2) is 22.6 Å². The maximum absolute atomic E-state index is 11.9. The number of halogens is 1. The molecule has 0 fully saturated rings. The van der Waals surface area contributed by atoms with Crippen LogP contribution in [0.5, 0.6) is 5.75 Å². The quantitative estimate of drug-likeness (QED) is 0.564. The molecule has 0 unspecified atom stereocenters. The number of aryl methyl sites for hydroxylation is 2. The molecule has 0 atom stereocenters. The van der Waals surface area contributed by atoms with Gasteiger partial charge in [0.25, 0.3) is 5.91 Å². The standard InChI is InChI=1S/C16H16IN3O2S/c1-10-5-3-4-6-13(10)22-9-15(21)20-16(23)19-14-8-7-12(17)11(2)18-14/h3-8H,9H2,1-2H3,(H2,18,19,20,21,23). The third kappa shape index (κ3) is 5.43. The molecule has 0 aliphatic rings. The summed E-state index contributed by atoms with van der Waals surface area (Å²) < 4.78 is 6.53. The number of hydrogen-bond donors (Lipinski definition) is 2. The number of amides is 1. The molecular formula is C16H16IN3O2S. The molecule has 0 bridgehead atoms. The van der Waals surface area contributed by atoms with Crippen LogP contribution in [-0.2, 0) is 4.79 Å². The summed E-state index contributed by atoms with van der Waals surface area (Å²) in [6.45, 7) is 3.72. The highest BCUT2D eigenvalue weighted by Crippen LogP contribution is 2.15. The summed E-state index contributed by atoms with van der Waals surface area (Å²) in [6.07, 6.45) is 0. The molecule has 7 heteroatoms. The Morgan fingerprint density at radius 2 is 2.00 bits per heavy atom. The Morgan fingerprint density at radius 1 is 1.26 bits per heavy atom. The lowest BCUT2D eigenvalue weighted by Crippen LogP contribution is -2.37. The number of rotatable bonds is 4. The number of para-hydroxylation sites is 1. The highest BCUT2D eigenvalue weighted by molar-refractivity contribution is 14.1. The second kappa shape index (κ2) is 8.21. The molecule has 2 rings (SSSR count). The molecular weight excluding hydrogens is 425 g/mol. The molecule has 0 aliphatic carbocycles. The Bertz CT molecular complexity index is 737. The van der Waals surface area contributed by atoms with Crippen molar-refractivity contribution in [3.05, 3.63) is 51.2 Å². The molecule has 2 N–H and O–H groups in total. The molecule has 1 aromatic heterocycles. The highest BCUT2D eigenvalue weighted by atomic mass is 127. The number of carbonyl (C=O) groups is 1. The highest BCUT2D eigenvalue weighted by Gasteiger charge is 2.08. The molecule has 5 nitrogen and oxygen atoms in total. The monoisotopic (exact) mass is 441 g/mol. The van der Waals surface area contributed by atoms with E-state index in [-0.39, 0.29) is 17.6 Å². The zero-order chi connectivity index (χ0) is 16.8. The van der Waals surface area contributed by atoms with Crippen LogP contribution in [0.25, 0.3) is 0 Å². The van der Waals surface area contributed by atoms with Crippen LogP contribution < -0.4 is 15.4 Å². The van der Waals surface area contributed by atoms with Crippen LogP contribution in [0.15, 0.2) is 36.4 Å². The first-order valence-corrected chi connectivity index (χ1v) is 8.37. The van der Waals surface area contributed by atoms with Crippen molar-refractivity contribution in [2.24, 2.45) is 0 Å². The lowest BCUT2D eigenvalue weighted by atomic mass is 10.2. The van der Waals surface area contributed by atoms with E-state index in [0.717, 1.165) is 14.8 Å². The Morgan fingerprint density at radius 3 is 2.70 bits per heavy atom. The van der Waals surface area contributed by atoms with Gasteiger partial charge in [0.2, 0.25) is 0 Å². The zero-order valence-corrected chi connectivity index (χ0v) is 15.7. The number of benzene rings is 1. The summed E-state index contributed by atoms with van der Waals surface area (Å²) in [7, 11) is 0. The van der Waals surface area contributed by atoms with Crippen LogP contribution in [0, 0.1) is 17.4 Å². The summed E-state index contributed by atoms with van der Waals surface area (Å²) in [5, 5.41) is 5.64. The van der Waals surface area contributed by atoms with Crippen molar-refractivity contribution in [3.63, 3.8) is 0 Å². The molecule has 2 aromatic rings. The first-order valence-electron chi connectivity index (χ1n) is 6.88. The Balaban J connectivity index is 1.84. The van der Waals surface area contributed by atoms with Crippen LogP contribution in [0.1, 0.15) is 11.3 Å². The van der Waals surface area contributed by atoms with Crippen molar-refractivity contribution in [1.82, 2.24) is 10.3 Å². The third-order valence-electron chi connectivity index (χ3n) is 2.97. The van der Waals surface area contributed by atoms with E-state index in [9.17, 15) is 4.79 Å². The van der Waals surface area contributed by atoms with E-state index in [1.807, 2.05) is 44.2 Å². The van der Waals surface area contributed by atoms with Gasteiger partial charge in [-0.25, -0.2) is 4.98 Å². The number of pyridine rings is 1. The molecule has 1 aromatic carbocycles. The van der Waals surface area contributed by atoms with Gasteiger partial charge in [0.15, 0.2) is 11.7 Å². The largest absolute Gasteiger partial charge is 0.483 e. The number of carbonyl (C=O) groups excluding carboxylic acids is 1. The number of thiocarbonyl (C=S) groups is 1. The number of hydrogen-bond acceptors (Lipinski definition) is 4. The SMILES string of the molecule is Cc1ccccc1OCC(=O)NC(=S)Nc1ccc(I)c(C)n1. The van der Waals surface area contributed by atoms with Gasteiger partial charge in [0.1, 0.15) is 11.6 Å². The number of aromatic nitrogens is 1. The summed E-state index contributed by atoms with van der Waals surface area (Å²) in [4.78, 5) is 16.2. The second-order valence-electron chi connectivity index (χ2n) is 4.82. The molecule has 0 saturated carbocycles. The van der Waals surface area contributed by atoms with E-state index < -0.39 is 0 Å². The number of nitrogens with one attached hydrogen (secondary N) is 2. The topological polar surface area (TPSA) is 63.2 Å². The lowest BCUT2D eigenvalue weighted by Gasteiger charge is -2.11. The lowest BCUT2D eigenvalue weighted by molar-refractivity contribution is -0.121. The van der Waals surface area contributed by atoms with Crippen LogP contribution in [0.4, 0.5) is 5.82 Å². The van der Waals surface area contributed by atoms with E-state index in [4.69, 9.17) is 17.0 Å². The molecule has 23 heavy (non-hydrogen) atoms. The molecule has 0 aliphatic heterocycles. The van der Waals surface area contributed by atoms with E-state index in [1.165, 1.54) is 0 Å². The maximum atomic E-state index is 11.9. The van der Waals surface area contributed by atoms with Crippen molar-refractivity contribution in [1.29, 1.82) is 0 Å². The van der Waals surface area contributed by atoms with Gasteiger partial charge in [-0.05, 0) is 72.4 Å². The molecule has 0 saturated heterocycles. The summed E-state index contributed by atoms with van der Waals surface area (Å²) in [6, 6.07) is 11.2. The normalized spacial score (nSPS) is 10.0. The molecule has 120 valence electrons. The minimum atomic E-state index is -0.326. The Kier molecular flexibility index (Phi) is 6.28. The summed E-state index contributed by atoms with van der Waals surface area (Å²) in [5.41, 5.74) is 1.87. The van der Waals surface area contributed by atoms with Gasteiger partial charge in [-0.2, -0.15) is 0 Å². The van der Waals surface area contributed by atoms with Crippen molar-refractivity contribution in [3.8, 4) is 5.75 Å². The molecule has 1 heterocycles. The van der Waals surface area contributed by atoms with Gasteiger partial charge in [0.05, 0.1) is 5.69 Å². The van der Waals surface area contributed by atoms with Gasteiger partial charge in [-0.3, -0.25) is 10.1 Å². The Hall–Kier alpha value is -1.74. The van der Waals surface area contributed by atoms with E-state index in [0.29, 0.717) is 11.6 Å². The smallest absolute Gasteiger partial charge is 0.264 e. The average molecular weight is 441 g/mol. The molecule has 0 spiro atoms. The predicted octanol–water partition coefficient (Wildman–Crippen LogP) is 3.20. The number of ether oxygens (including phenoxy) is 1. The first-order chi connectivity index (χ1) is 11.0. The summed E-state index contributed by atoms with van der Waals surface area (Å²) in [5.74, 6) is 0.942. The van der Waals surface area contributed by atoms with Gasteiger partial charge in [-0.1, -0.05) is 18.2 Å². The summed E-state index contributed by atoms with van der Waals surface area (Å²) >= 11 is 7.31. The van der Waals surface area contributed by atoms with E-state index in [1.54, 1.807) is 6.07 Å². The molecule has 1 amide bonds. The second-order valence-corrected chi connectivity index (χ2v) is 6.39. The van der Waals surface area contributed by atoms with Crippen LogP contribution in [0.3, 0.4) is 0 Å².